The lowest BCUT2D eigenvalue weighted by molar-refractivity contribution is -0.00267. The van der Waals surface area contributed by atoms with Gasteiger partial charge in [-0.05, 0) is 39.4 Å². The number of rotatable bonds is 7. The van der Waals surface area contributed by atoms with Gasteiger partial charge in [0.05, 0.1) is 6.54 Å². The van der Waals surface area contributed by atoms with Gasteiger partial charge in [-0.25, -0.2) is 0 Å². The number of aliphatic imine (C=N–C) groups is 1. The number of piperazine rings is 1. The first-order valence-electron chi connectivity index (χ1n) is 11.4. The van der Waals surface area contributed by atoms with E-state index in [1.807, 2.05) is 0 Å². The van der Waals surface area contributed by atoms with E-state index in [9.17, 15) is 0 Å². The SMILES string of the molecule is CCNC(=NCC1(N(C)C)CCOCC1)N1CCN(C/C=C/c2ccccc2)CC1. The molecule has 2 saturated heterocycles. The Morgan fingerprint density at radius 2 is 1.83 bits per heavy atom. The first-order chi connectivity index (χ1) is 14.6. The minimum atomic E-state index is 0.114. The van der Waals surface area contributed by atoms with Gasteiger partial charge in [0.25, 0.3) is 0 Å². The minimum absolute atomic E-state index is 0.114. The van der Waals surface area contributed by atoms with Gasteiger partial charge in [0, 0.05) is 58.0 Å². The van der Waals surface area contributed by atoms with Crippen molar-refractivity contribution in [1.29, 1.82) is 0 Å². The summed E-state index contributed by atoms with van der Waals surface area (Å²) in [6.45, 7) is 10.7. The minimum Gasteiger partial charge on any atom is -0.381 e. The van der Waals surface area contributed by atoms with E-state index in [-0.39, 0.29) is 5.54 Å². The number of ether oxygens (including phenoxy) is 1. The van der Waals surface area contributed by atoms with Gasteiger partial charge in [0.2, 0.25) is 0 Å². The average molecular weight is 414 g/mol. The molecule has 1 N–H and O–H groups in total. The van der Waals surface area contributed by atoms with E-state index in [2.05, 4.69) is 83.5 Å². The smallest absolute Gasteiger partial charge is 0.194 e. The number of nitrogens with zero attached hydrogens (tertiary/aromatic N) is 4. The highest BCUT2D eigenvalue weighted by Crippen LogP contribution is 2.26. The van der Waals surface area contributed by atoms with Gasteiger partial charge in [-0.15, -0.1) is 0 Å². The molecular weight excluding hydrogens is 374 g/mol. The summed E-state index contributed by atoms with van der Waals surface area (Å²) in [6, 6.07) is 10.5. The van der Waals surface area contributed by atoms with Gasteiger partial charge in [0.15, 0.2) is 5.96 Å². The van der Waals surface area contributed by atoms with Gasteiger partial charge >= 0.3 is 0 Å². The van der Waals surface area contributed by atoms with Gasteiger partial charge in [0.1, 0.15) is 0 Å². The molecular formula is C24H39N5O. The van der Waals surface area contributed by atoms with Crippen LogP contribution in [0, 0.1) is 0 Å². The van der Waals surface area contributed by atoms with Crippen LogP contribution in [0.15, 0.2) is 41.4 Å². The fourth-order valence-corrected chi connectivity index (χ4v) is 4.19. The molecule has 2 aliphatic heterocycles. The first kappa shape index (κ1) is 22.8. The summed E-state index contributed by atoms with van der Waals surface area (Å²) in [7, 11) is 4.35. The highest BCUT2D eigenvalue weighted by molar-refractivity contribution is 5.80. The summed E-state index contributed by atoms with van der Waals surface area (Å²) in [5.74, 6) is 1.06. The molecule has 0 bridgehead atoms. The molecule has 1 aromatic rings. The zero-order valence-electron chi connectivity index (χ0n) is 19.0. The van der Waals surface area contributed by atoms with Crippen LogP contribution in [-0.4, -0.2) is 99.3 Å². The van der Waals surface area contributed by atoms with Crippen molar-refractivity contribution >= 4 is 12.0 Å². The number of hydrogen-bond donors (Lipinski definition) is 1. The molecule has 0 radical (unpaired) electrons. The lowest BCUT2D eigenvalue weighted by Crippen LogP contribution is -2.54. The Kier molecular flexibility index (Phi) is 8.73. The van der Waals surface area contributed by atoms with Crippen LogP contribution in [0.25, 0.3) is 6.08 Å². The molecule has 2 heterocycles. The summed E-state index contributed by atoms with van der Waals surface area (Å²) in [4.78, 5) is 12.4. The second-order valence-corrected chi connectivity index (χ2v) is 8.50. The van der Waals surface area contributed by atoms with E-state index in [4.69, 9.17) is 9.73 Å². The van der Waals surface area contributed by atoms with Gasteiger partial charge in [-0.3, -0.25) is 9.89 Å². The van der Waals surface area contributed by atoms with Crippen molar-refractivity contribution in [3.8, 4) is 0 Å². The molecule has 0 saturated carbocycles. The van der Waals surface area contributed by atoms with Crippen molar-refractivity contribution in [3.63, 3.8) is 0 Å². The van der Waals surface area contributed by atoms with Crippen LogP contribution in [0.5, 0.6) is 0 Å². The second kappa shape index (κ2) is 11.5. The Morgan fingerprint density at radius 1 is 1.13 bits per heavy atom. The molecule has 2 aliphatic rings. The van der Waals surface area contributed by atoms with Gasteiger partial charge in [-0.1, -0.05) is 42.5 Å². The molecule has 0 aromatic heterocycles. The zero-order valence-corrected chi connectivity index (χ0v) is 19.0. The van der Waals surface area contributed by atoms with E-state index in [0.29, 0.717) is 0 Å². The van der Waals surface area contributed by atoms with Crippen molar-refractivity contribution in [3.05, 3.63) is 42.0 Å². The Labute approximate surface area is 182 Å². The lowest BCUT2D eigenvalue weighted by Gasteiger charge is -2.42. The fraction of sp³-hybridized carbons (Fsp3) is 0.625. The van der Waals surface area contributed by atoms with Crippen LogP contribution >= 0.6 is 0 Å². The van der Waals surface area contributed by atoms with Crippen LogP contribution in [0.4, 0.5) is 0 Å². The molecule has 166 valence electrons. The quantitative estimate of drug-likeness (QED) is 0.549. The van der Waals surface area contributed by atoms with Gasteiger partial charge in [-0.2, -0.15) is 0 Å². The summed E-state index contributed by atoms with van der Waals surface area (Å²) in [6.07, 6.45) is 6.58. The summed E-state index contributed by atoms with van der Waals surface area (Å²) in [5.41, 5.74) is 1.38. The molecule has 0 amide bonds. The molecule has 0 atom stereocenters. The van der Waals surface area contributed by atoms with E-state index in [1.165, 1.54) is 5.56 Å². The predicted octanol–water partition coefficient (Wildman–Crippen LogP) is 2.39. The largest absolute Gasteiger partial charge is 0.381 e. The van der Waals surface area contributed by atoms with Crippen molar-refractivity contribution in [2.24, 2.45) is 4.99 Å². The van der Waals surface area contributed by atoms with Crippen LogP contribution in [0.2, 0.25) is 0 Å². The highest BCUT2D eigenvalue weighted by atomic mass is 16.5. The molecule has 3 rings (SSSR count). The third-order valence-corrected chi connectivity index (χ3v) is 6.38. The average Bonchev–Trinajstić information content (AvgIpc) is 2.78. The molecule has 6 nitrogen and oxygen atoms in total. The van der Waals surface area contributed by atoms with E-state index >= 15 is 0 Å². The van der Waals surface area contributed by atoms with Crippen molar-refractivity contribution < 1.29 is 4.74 Å². The third-order valence-electron chi connectivity index (χ3n) is 6.38. The Balaban J connectivity index is 1.53. The number of benzene rings is 1. The maximum absolute atomic E-state index is 5.61. The molecule has 6 heteroatoms. The number of hydrogen-bond acceptors (Lipinski definition) is 4. The monoisotopic (exact) mass is 413 g/mol. The van der Waals surface area contributed by atoms with E-state index in [1.54, 1.807) is 0 Å². The highest BCUT2D eigenvalue weighted by Gasteiger charge is 2.35. The number of likely N-dealkylation sites (N-methyl/N-ethyl adjacent to an activating group) is 1. The van der Waals surface area contributed by atoms with Crippen LogP contribution in [0.1, 0.15) is 25.3 Å². The van der Waals surface area contributed by atoms with Crippen LogP contribution in [-0.2, 0) is 4.74 Å². The number of guanidine groups is 1. The normalized spacial score (nSPS) is 20.8. The number of nitrogens with one attached hydrogen (secondary N) is 1. The lowest BCUT2D eigenvalue weighted by atomic mass is 9.89. The molecule has 0 aliphatic carbocycles. The van der Waals surface area contributed by atoms with Crippen LogP contribution in [0.3, 0.4) is 0 Å². The standard InChI is InChI=1S/C24H39N5O/c1-4-25-23(26-21-24(27(2)3)12-19-30-20-13-24)29-17-15-28(16-18-29)14-8-11-22-9-6-5-7-10-22/h5-11H,4,12-21H2,1-3H3,(H,25,26)/b11-8+. The summed E-state index contributed by atoms with van der Waals surface area (Å²) in [5, 5.41) is 3.52. The summed E-state index contributed by atoms with van der Waals surface area (Å²) >= 11 is 0. The van der Waals surface area contributed by atoms with Crippen molar-refractivity contribution in [2.75, 3.05) is 73.1 Å². The maximum Gasteiger partial charge on any atom is 0.194 e. The molecule has 0 spiro atoms. The predicted molar refractivity (Wildman–Crippen MR) is 126 cm³/mol. The molecule has 1 aromatic carbocycles. The Hall–Kier alpha value is -1.89. The Bertz CT molecular complexity index is 674. The second-order valence-electron chi connectivity index (χ2n) is 8.50. The first-order valence-corrected chi connectivity index (χ1v) is 11.4. The van der Waals surface area contributed by atoms with Crippen molar-refractivity contribution in [1.82, 2.24) is 20.0 Å². The Morgan fingerprint density at radius 3 is 2.47 bits per heavy atom. The molecule has 2 fully saturated rings. The van der Waals surface area contributed by atoms with Crippen LogP contribution < -0.4 is 5.32 Å². The third kappa shape index (κ3) is 6.30. The fourth-order valence-electron chi connectivity index (χ4n) is 4.19. The topological polar surface area (TPSA) is 43.3 Å². The summed E-state index contributed by atoms with van der Waals surface area (Å²) < 4.78 is 5.61. The molecule has 0 unspecified atom stereocenters. The zero-order chi connectivity index (χ0) is 21.2. The molecule has 30 heavy (non-hydrogen) atoms. The van der Waals surface area contributed by atoms with Crippen molar-refractivity contribution in [2.45, 2.75) is 25.3 Å². The van der Waals surface area contributed by atoms with E-state index < -0.39 is 0 Å². The van der Waals surface area contributed by atoms with E-state index in [0.717, 1.165) is 77.8 Å². The maximum atomic E-state index is 5.61. The van der Waals surface area contributed by atoms with Gasteiger partial charge < -0.3 is 19.9 Å².